The van der Waals surface area contributed by atoms with Crippen molar-refractivity contribution in [3.05, 3.63) is 0 Å². The predicted octanol–water partition coefficient (Wildman–Crippen LogP) is 2.44. The number of aliphatic carboxylic acids is 1. The SMILES string of the molecule is CC(C)C[C@@H](NC(=O)C1CCC(CNC(=O)[C@H](C)NC(=O)OC(C)(C)C)CC1)C(=O)O. The highest BCUT2D eigenvalue weighted by atomic mass is 16.6. The van der Waals surface area contributed by atoms with E-state index in [2.05, 4.69) is 16.0 Å². The highest BCUT2D eigenvalue weighted by molar-refractivity contribution is 5.85. The van der Waals surface area contributed by atoms with Gasteiger partial charge >= 0.3 is 12.1 Å². The molecule has 0 saturated heterocycles. The Kier molecular flexibility index (Phi) is 10.3. The van der Waals surface area contributed by atoms with Crippen molar-refractivity contribution in [1.82, 2.24) is 16.0 Å². The maximum Gasteiger partial charge on any atom is 0.408 e. The van der Waals surface area contributed by atoms with Crippen LogP contribution < -0.4 is 16.0 Å². The Morgan fingerprint density at radius 3 is 2.06 bits per heavy atom. The fourth-order valence-corrected chi connectivity index (χ4v) is 3.56. The molecule has 0 aromatic rings. The molecule has 0 unspecified atom stereocenters. The van der Waals surface area contributed by atoms with Crippen LogP contribution in [-0.4, -0.2) is 53.2 Å². The molecule has 1 aliphatic rings. The van der Waals surface area contributed by atoms with Crippen LogP contribution in [0.15, 0.2) is 0 Å². The highest BCUT2D eigenvalue weighted by Crippen LogP contribution is 2.28. The van der Waals surface area contributed by atoms with Crippen molar-refractivity contribution in [2.45, 2.75) is 91.3 Å². The largest absolute Gasteiger partial charge is 0.480 e. The van der Waals surface area contributed by atoms with Crippen LogP contribution in [-0.2, 0) is 19.1 Å². The lowest BCUT2D eigenvalue weighted by Gasteiger charge is -2.29. The number of ether oxygens (including phenoxy) is 1. The summed E-state index contributed by atoms with van der Waals surface area (Å²) < 4.78 is 5.15. The van der Waals surface area contributed by atoms with Gasteiger partial charge < -0.3 is 25.8 Å². The van der Waals surface area contributed by atoms with E-state index in [9.17, 15) is 24.3 Å². The zero-order valence-electron chi connectivity index (χ0n) is 19.6. The number of nitrogens with one attached hydrogen (secondary N) is 3. The van der Waals surface area contributed by atoms with Gasteiger partial charge in [0.2, 0.25) is 11.8 Å². The number of amides is 3. The summed E-state index contributed by atoms with van der Waals surface area (Å²) in [5.74, 6) is -1.28. The first-order valence-electron chi connectivity index (χ1n) is 11.1. The van der Waals surface area contributed by atoms with Crippen LogP contribution in [0, 0.1) is 17.8 Å². The van der Waals surface area contributed by atoms with Crippen molar-refractivity contribution in [2.75, 3.05) is 6.54 Å². The van der Waals surface area contributed by atoms with Crippen LogP contribution in [0.3, 0.4) is 0 Å². The summed E-state index contributed by atoms with van der Waals surface area (Å²) in [6.45, 7) is 11.2. The van der Waals surface area contributed by atoms with Crippen molar-refractivity contribution in [2.24, 2.45) is 17.8 Å². The summed E-state index contributed by atoms with van der Waals surface area (Å²) in [5, 5.41) is 17.3. The molecule has 4 N–H and O–H groups in total. The minimum absolute atomic E-state index is 0.174. The zero-order valence-corrected chi connectivity index (χ0v) is 19.6. The molecule has 1 saturated carbocycles. The third-order valence-electron chi connectivity index (χ3n) is 5.23. The van der Waals surface area contributed by atoms with E-state index in [1.807, 2.05) is 13.8 Å². The van der Waals surface area contributed by atoms with Crippen LogP contribution in [0.1, 0.15) is 73.6 Å². The molecule has 0 spiro atoms. The molecular weight excluding hydrogens is 402 g/mol. The average Bonchev–Trinajstić information content (AvgIpc) is 2.63. The fraction of sp³-hybridized carbons (Fsp3) is 0.818. The predicted molar refractivity (Wildman–Crippen MR) is 116 cm³/mol. The maximum atomic E-state index is 12.5. The lowest BCUT2D eigenvalue weighted by molar-refractivity contribution is -0.143. The lowest BCUT2D eigenvalue weighted by Crippen LogP contribution is -2.48. The molecule has 1 rings (SSSR count). The molecule has 1 fully saturated rings. The number of rotatable bonds is 9. The van der Waals surface area contributed by atoms with E-state index < -0.39 is 29.7 Å². The van der Waals surface area contributed by atoms with E-state index in [1.165, 1.54) is 0 Å². The smallest absolute Gasteiger partial charge is 0.408 e. The van der Waals surface area contributed by atoms with Gasteiger partial charge in [0, 0.05) is 12.5 Å². The second-order valence-electron chi connectivity index (χ2n) is 9.86. The molecule has 9 nitrogen and oxygen atoms in total. The molecule has 2 atom stereocenters. The number of carboxylic acids is 1. The monoisotopic (exact) mass is 441 g/mol. The summed E-state index contributed by atoms with van der Waals surface area (Å²) in [6, 6.07) is -1.57. The van der Waals surface area contributed by atoms with Crippen molar-refractivity contribution >= 4 is 23.9 Å². The number of carbonyl (C=O) groups is 4. The van der Waals surface area contributed by atoms with Gasteiger partial charge in [0.05, 0.1) is 0 Å². The maximum absolute atomic E-state index is 12.5. The number of carbonyl (C=O) groups excluding carboxylic acids is 3. The van der Waals surface area contributed by atoms with E-state index in [0.29, 0.717) is 25.8 Å². The third-order valence-corrected chi connectivity index (χ3v) is 5.23. The van der Waals surface area contributed by atoms with Gasteiger partial charge in [-0.15, -0.1) is 0 Å². The first kappa shape index (κ1) is 26.7. The van der Waals surface area contributed by atoms with Gasteiger partial charge in [-0.2, -0.15) is 0 Å². The molecule has 1 aliphatic carbocycles. The standard InChI is InChI=1S/C22H39N3O6/c1-13(2)11-17(20(28)29)25-19(27)16-9-7-15(8-10-16)12-23-18(26)14(3)24-21(30)31-22(4,5)6/h13-17H,7-12H2,1-6H3,(H,23,26)(H,24,30)(H,25,27)(H,28,29)/t14-,15?,16?,17+/m0/s1. The van der Waals surface area contributed by atoms with E-state index >= 15 is 0 Å². The molecule has 0 aliphatic heterocycles. The van der Waals surface area contributed by atoms with Gasteiger partial charge in [0.1, 0.15) is 17.7 Å². The fourth-order valence-electron chi connectivity index (χ4n) is 3.56. The topological polar surface area (TPSA) is 134 Å². The quantitative estimate of drug-likeness (QED) is 0.434. The van der Waals surface area contributed by atoms with Crippen molar-refractivity contribution < 1.29 is 29.0 Å². The molecule has 178 valence electrons. The number of hydrogen-bond acceptors (Lipinski definition) is 5. The van der Waals surface area contributed by atoms with Crippen LogP contribution in [0.2, 0.25) is 0 Å². The second kappa shape index (κ2) is 11.9. The van der Waals surface area contributed by atoms with Crippen LogP contribution in [0.25, 0.3) is 0 Å². The normalized spacial score (nSPS) is 21.0. The van der Waals surface area contributed by atoms with Crippen molar-refractivity contribution in [1.29, 1.82) is 0 Å². The number of alkyl carbamates (subject to hydrolysis) is 1. The van der Waals surface area contributed by atoms with Crippen molar-refractivity contribution in [3.63, 3.8) is 0 Å². The minimum Gasteiger partial charge on any atom is -0.480 e. The summed E-state index contributed by atoms with van der Waals surface area (Å²) in [5.41, 5.74) is -0.634. The first-order valence-corrected chi connectivity index (χ1v) is 11.1. The van der Waals surface area contributed by atoms with Crippen LogP contribution in [0.5, 0.6) is 0 Å². The average molecular weight is 442 g/mol. The van der Waals surface area contributed by atoms with Crippen LogP contribution in [0.4, 0.5) is 4.79 Å². The summed E-state index contributed by atoms with van der Waals surface area (Å²) in [7, 11) is 0. The Hall–Kier alpha value is -2.32. The Balaban J connectivity index is 2.38. The van der Waals surface area contributed by atoms with Gasteiger partial charge in [-0.25, -0.2) is 9.59 Å². The molecule has 0 heterocycles. The molecular formula is C22H39N3O6. The highest BCUT2D eigenvalue weighted by Gasteiger charge is 2.30. The molecule has 0 radical (unpaired) electrons. The van der Waals surface area contributed by atoms with E-state index in [0.717, 1.165) is 12.8 Å². The van der Waals surface area contributed by atoms with Gasteiger partial charge in [-0.1, -0.05) is 13.8 Å². The minimum atomic E-state index is -1.01. The van der Waals surface area contributed by atoms with E-state index in [4.69, 9.17) is 4.74 Å². The summed E-state index contributed by atoms with van der Waals surface area (Å²) >= 11 is 0. The van der Waals surface area contributed by atoms with Crippen molar-refractivity contribution in [3.8, 4) is 0 Å². The molecule has 9 heteroatoms. The van der Waals surface area contributed by atoms with Crippen LogP contribution >= 0.6 is 0 Å². The molecule has 0 aromatic heterocycles. The molecule has 3 amide bonds. The molecule has 0 bridgehead atoms. The number of carboxylic acid groups (broad SMARTS) is 1. The Bertz CT molecular complexity index is 636. The Morgan fingerprint density at radius 1 is 1.00 bits per heavy atom. The zero-order chi connectivity index (χ0) is 23.8. The second-order valence-corrected chi connectivity index (χ2v) is 9.86. The molecule has 0 aromatic carbocycles. The van der Waals surface area contributed by atoms with Gasteiger partial charge in [-0.05, 0) is 71.6 Å². The first-order chi connectivity index (χ1) is 14.3. The molecule has 31 heavy (non-hydrogen) atoms. The van der Waals surface area contributed by atoms with Gasteiger partial charge in [0.15, 0.2) is 0 Å². The lowest BCUT2D eigenvalue weighted by atomic mass is 9.81. The number of hydrogen-bond donors (Lipinski definition) is 4. The third kappa shape index (κ3) is 10.5. The summed E-state index contributed by atoms with van der Waals surface area (Å²) in [6.07, 6.45) is 2.62. The van der Waals surface area contributed by atoms with Gasteiger partial charge in [0.25, 0.3) is 0 Å². The van der Waals surface area contributed by atoms with Gasteiger partial charge in [-0.3, -0.25) is 9.59 Å². The van der Waals surface area contributed by atoms with E-state index in [1.54, 1.807) is 27.7 Å². The Labute approximate surface area is 185 Å². The Morgan fingerprint density at radius 2 is 1.58 bits per heavy atom. The summed E-state index contributed by atoms with van der Waals surface area (Å²) in [4.78, 5) is 47.8. The van der Waals surface area contributed by atoms with E-state index in [-0.39, 0.29) is 29.6 Å².